The SMILES string of the molecule is C#CCC(C)Nc1nccc(SC)n1. The molecule has 0 radical (unpaired) electrons. The Kier molecular flexibility index (Phi) is 4.27. The van der Waals surface area contributed by atoms with Crippen molar-refractivity contribution >= 4 is 17.7 Å². The van der Waals surface area contributed by atoms with Gasteiger partial charge in [-0.05, 0) is 19.2 Å². The zero-order valence-electron chi connectivity index (χ0n) is 8.32. The van der Waals surface area contributed by atoms with Crippen molar-refractivity contribution in [1.29, 1.82) is 0 Å². The number of rotatable bonds is 4. The zero-order chi connectivity index (χ0) is 10.4. The van der Waals surface area contributed by atoms with Gasteiger partial charge in [-0.1, -0.05) is 0 Å². The molecule has 4 heteroatoms. The fraction of sp³-hybridized carbons (Fsp3) is 0.400. The van der Waals surface area contributed by atoms with Gasteiger partial charge in [0.25, 0.3) is 0 Å². The molecule has 1 aromatic rings. The molecule has 0 aliphatic rings. The predicted molar refractivity (Wildman–Crippen MR) is 60.3 cm³/mol. The van der Waals surface area contributed by atoms with Gasteiger partial charge in [-0.25, -0.2) is 9.97 Å². The first-order chi connectivity index (χ1) is 6.76. The molecule has 0 fully saturated rings. The second kappa shape index (κ2) is 5.51. The minimum absolute atomic E-state index is 0.206. The van der Waals surface area contributed by atoms with Crippen LogP contribution in [0, 0.1) is 12.3 Å². The number of aromatic nitrogens is 2. The molecule has 0 aliphatic heterocycles. The van der Waals surface area contributed by atoms with Crippen molar-refractivity contribution in [2.45, 2.75) is 24.4 Å². The highest BCUT2D eigenvalue weighted by molar-refractivity contribution is 7.98. The normalized spacial score (nSPS) is 11.8. The maximum Gasteiger partial charge on any atom is 0.223 e. The van der Waals surface area contributed by atoms with E-state index in [1.54, 1.807) is 18.0 Å². The first kappa shape index (κ1) is 10.9. The van der Waals surface area contributed by atoms with Gasteiger partial charge in [-0.15, -0.1) is 24.1 Å². The van der Waals surface area contributed by atoms with E-state index in [9.17, 15) is 0 Å². The summed E-state index contributed by atoms with van der Waals surface area (Å²) >= 11 is 1.59. The summed E-state index contributed by atoms with van der Waals surface area (Å²) in [4.78, 5) is 8.39. The van der Waals surface area contributed by atoms with Crippen LogP contribution in [0.15, 0.2) is 17.3 Å². The molecule has 1 N–H and O–H groups in total. The molecule has 74 valence electrons. The van der Waals surface area contributed by atoms with E-state index in [4.69, 9.17) is 6.42 Å². The summed E-state index contributed by atoms with van der Waals surface area (Å²) in [6.07, 6.45) is 9.60. The number of hydrogen-bond acceptors (Lipinski definition) is 4. The van der Waals surface area contributed by atoms with Crippen LogP contribution in [0.4, 0.5) is 5.95 Å². The standard InChI is InChI=1S/C10H13N3S/c1-4-5-8(2)12-10-11-7-6-9(13-10)14-3/h1,6-8H,5H2,2-3H3,(H,11,12,13). The molecule has 1 rings (SSSR count). The molecule has 0 amide bonds. The molecular formula is C10H13N3S. The van der Waals surface area contributed by atoms with E-state index in [1.807, 2.05) is 19.2 Å². The van der Waals surface area contributed by atoms with Crippen LogP contribution in [-0.4, -0.2) is 22.3 Å². The topological polar surface area (TPSA) is 37.8 Å². The summed E-state index contributed by atoms with van der Waals surface area (Å²) in [5.41, 5.74) is 0. The van der Waals surface area contributed by atoms with E-state index in [2.05, 4.69) is 21.2 Å². The van der Waals surface area contributed by atoms with Gasteiger partial charge in [-0.2, -0.15) is 0 Å². The van der Waals surface area contributed by atoms with Crippen molar-refractivity contribution in [2.24, 2.45) is 0 Å². The van der Waals surface area contributed by atoms with Crippen molar-refractivity contribution < 1.29 is 0 Å². The van der Waals surface area contributed by atoms with Gasteiger partial charge >= 0.3 is 0 Å². The molecular weight excluding hydrogens is 194 g/mol. The van der Waals surface area contributed by atoms with Crippen molar-refractivity contribution in [3.05, 3.63) is 12.3 Å². The summed E-state index contributed by atoms with van der Waals surface area (Å²) in [5, 5.41) is 4.09. The number of nitrogens with zero attached hydrogens (tertiary/aromatic N) is 2. The summed E-state index contributed by atoms with van der Waals surface area (Å²) in [6, 6.07) is 2.08. The third-order valence-electron chi connectivity index (χ3n) is 1.64. The van der Waals surface area contributed by atoms with Crippen molar-refractivity contribution in [2.75, 3.05) is 11.6 Å². The largest absolute Gasteiger partial charge is 0.351 e. The van der Waals surface area contributed by atoms with E-state index in [0.29, 0.717) is 12.4 Å². The van der Waals surface area contributed by atoms with Gasteiger partial charge in [0.1, 0.15) is 5.03 Å². The lowest BCUT2D eigenvalue weighted by Crippen LogP contribution is -2.16. The molecule has 0 spiro atoms. The molecule has 1 unspecified atom stereocenters. The quantitative estimate of drug-likeness (QED) is 0.465. The van der Waals surface area contributed by atoms with Crippen LogP contribution in [0.2, 0.25) is 0 Å². The van der Waals surface area contributed by atoms with Gasteiger partial charge in [0.15, 0.2) is 0 Å². The van der Waals surface area contributed by atoms with Crippen molar-refractivity contribution in [3.63, 3.8) is 0 Å². The fourth-order valence-electron chi connectivity index (χ4n) is 0.974. The van der Waals surface area contributed by atoms with E-state index in [1.165, 1.54) is 0 Å². The van der Waals surface area contributed by atoms with E-state index < -0.39 is 0 Å². The van der Waals surface area contributed by atoms with Crippen LogP contribution in [0.5, 0.6) is 0 Å². The van der Waals surface area contributed by atoms with Gasteiger partial charge in [0.2, 0.25) is 5.95 Å². The average molecular weight is 207 g/mol. The minimum Gasteiger partial charge on any atom is -0.351 e. The molecule has 14 heavy (non-hydrogen) atoms. The second-order valence-corrected chi connectivity index (χ2v) is 3.70. The lowest BCUT2D eigenvalue weighted by atomic mass is 10.2. The number of hydrogen-bond donors (Lipinski definition) is 1. The highest BCUT2D eigenvalue weighted by atomic mass is 32.2. The third-order valence-corrected chi connectivity index (χ3v) is 2.28. The van der Waals surface area contributed by atoms with Crippen LogP contribution in [-0.2, 0) is 0 Å². The highest BCUT2D eigenvalue weighted by Crippen LogP contribution is 2.12. The Morgan fingerprint density at radius 3 is 3.14 bits per heavy atom. The minimum atomic E-state index is 0.206. The molecule has 0 saturated carbocycles. The summed E-state index contributed by atoms with van der Waals surface area (Å²) in [5.74, 6) is 3.23. The first-order valence-corrected chi connectivity index (χ1v) is 5.55. The maximum absolute atomic E-state index is 5.20. The van der Waals surface area contributed by atoms with Crippen LogP contribution < -0.4 is 5.32 Å². The van der Waals surface area contributed by atoms with Gasteiger partial charge in [0.05, 0.1) is 0 Å². The monoisotopic (exact) mass is 207 g/mol. The molecule has 1 aromatic heterocycles. The molecule has 0 bridgehead atoms. The zero-order valence-corrected chi connectivity index (χ0v) is 9.14. The molecule has 1 atom stereocenters. The molecule has 3 nitrogen and oxygen atoms in total. The van der Waals surface area contributed by atoms with Crippen LogP contribution in [0.3, 0.4) is 0 Å². The summed E-state index contributed by atoms with van der Waals surface area (Å²) < 4.78 is 0. The van der Waals surface area contributed by atoms with Crippen molar-refractivity contribution in [3.8, 4) is 12.3 Å². The second-order valence-electron chi connectivity index (χ2n) is 2.88. The Balaban J connectivity index is 2.63. The van der Waals surface area contributed by atoms with E-state index in [0.717, 1.165) is 5.03 Å². The molecule has 0 aromatic carbocycles. The number of nitrogens with one attached hydrogen (secondary N) is 1. The summed E-state index contributed by atoms with van der Waals surface area (Å²) in [7, 11) is 0. The van der Waals surface area contributed by atoms with Gasteiger partial charge in [-0.3, -0.25) is 0 Å². The number of thioether (sulfide) groups is 1. The average Bonchev–Trinajstić information content (AvgIpc) is 2.18. The molecule has 0 saturated heterocycles. The number of terminal acetylenes is 1. The Bertz CT molecular complexity index is 332. The third kappa shape index (κ3) is 3.27. The smallest absolute Gasteiger partial charge is 0.223 e. The molecule has 0 aliphatic carbocycles. The van der Waals surface area contributed by atoms with Gasteiger partial charge < -0.3 is 5.32 Å². The predicted octanol–water partition coefficient (Wildman–Crippen LogP) is 2.02. The number of anilines is 1. The fourth-order valence-corrected chi connectivity index (χ4v) is 1.35. The van der Waals surface area contributed by atoms with Crippen molar-refractivity contribution in [1.82, 2.24) is 9.97 Å². The highest BCUT2D eigenvalue weighted by Gasteiger charge is 2.02. The lowest BCUT2D eigenvalue weighted by molar-refractivity contribution is 0.806. The summed E-state index contributed by atoms with van der Waals surface area (Å²) in [6.45, 7) is 2.01. The van der Waals surface area contributed by atoms with E-state index in [-0.39, 0.29) is 6.04 Å². The van der Waals surface area contributed by atoms with Crippen LogP contribution in [0.25, 0.3) is 0 Å². The maximum atomic E-state index is 5.20. The Hall–Kier alpha value is -1.21. The Morgan fingerprint density at radius 1 is 1.71 bits per heavy atom. The first-order valence-electron chi connectivity index (χ1n) is 4.33. The van der Waals surface area contributed by atoms with Crippen LogP contribution in [0.1, 0.15) is 13.3 Å². The Morgan fingerprint density at radius 2 is 2.50 bits per heavy atom. The van der Waals surface area contributed by atoms with Gasteiger partial charge in [0, 0.05) is 18.7 Å². The van der Waals surface area contributed by atoms with Crippen LogP contribution >= 0.6 is 11.8 Å². The Labute approximate surface area is 88.7 Å². The lowest BCUT2D eigenvalue weighted by Gasteiger charge is -2.10. The van der Waals surface area contributed by atoms with E-state index >= 15 is 0 Å². The molecule has 1 heterocycles.